The van der Waals surface area contributed by atoms with Crippen LogP contribution in [0.5, 0.6) is 0 Å². The average molecular weight is 842 g/mol. The smallest absolute Gasteiger partial charge is 0.462 e. The second-order valence-electron chi connectivity index (χ2n) is 16.3. The first-order valence-corrected chi connectivity index (χ1v) is 25.8. The zero-order valence-corrected chi connectivity index (χ0v) is 38.7. The summed E-state index contributed by atoms with van der Waals surface area (Å²) < 4.78 is 32.8. The Labute approximate surface area is 357 Å². The van der Waals surface area contributed by atoms with Crippen molar-refractivity contribution in [2.24, 2.45) is 5.73 Å². The van der Waals surface area contributed by atoms with Gasteiger partial charge in [0, 0.05) is 19.4 Å². The van der Waals surface area contributed by atoms with Crippen LogP contribution in [0.3, 0.4) is 0 Å². The van der Waals surface area contributed by atoms with Crippen LogP contribution < -0.4 is 5.73 Å². The summed E-state index contributed by atoms with van der Waals surface area (Å²) in [6, 6.07) is 0. The lowest BCUT2D eigenvalue weighted by molar-refractivity contribution is -0.161. The van der Waals surface area contributed by atoms with Crippen molar-refractivity contribution in [1.29, 1.82) is 0 Å². The van der Waals surface area contributed by atoms with E-state index in [0.717, 1.165) is 64.2 Å². The summed E-state index contributed by atoms with van der Waals surface area (Å²) in [6.07, 6.45) is 49.3. The van der Waals surface area contributed by atoms with Gasteiger partial charge < -0.3 is 20.1 Å². The van der Waals surface area contributed by atoms with E-state index in [0.29, 0.717) is 6.42 Å². The van der Waals surface area contributed by atoms with Crippen LogP contribution in [0.1, 0.15) is 239 Å². The highest BCUT2D eigenvalue weighted by molar-refractivity contribution is 7.47. The molecule has 0 aromatic carbocycles. The second kappa shape index (κ2) is 45.0. The molecule has 0 saturated carbocycles. The monoisotopic (exact) mass is 842 g/mol. The molecule has 3 N–H and O–H groups in total. The van der Waals surface area contributed by atoms with E-state index in [1.54, 1.807) is 0 Å². The maximum Gasteiger partial charge on any atom is 0.472 e. The zero-order chi connectivity index (χ0) is 42.5. The molecule has 9 nitrogen and oxygen atoms in total. The Morgan fingerprint density at radius 2 is 0.914 bits per heavy atom. The number of esters is 2. The van der Waals surface area contributed by atoms with E-state index in [-0.39, 0.29) is 38.6 Å². The van der Waals surface area contributed by atoms with E-state index in [9.17, 15) is 19.0 Å². The number of ether oxygens (including phenoxy) is 2. The highest BCUT2D eigenvalue weighted by atomic mass is 31.2. The summed E-state index contributed by atoms with van der Waals surface area (Å²) in [7, 11) is -4.38. The SMILES string of the molecule is CCCC/C=C/C/C=C/CCCCCCCC(=O)O[C@@H](COC(=O)CCCCCCCCCCCCCCCCCCCCCCCCC)COP(=O)(O)OCCN. The molecule has 0 bridgehead atoms. The summed E-state index contributed by atoms with van der Waals surface area (Å²) in [4.78, 5) is 34.9. The van der Waals surface area contributed by atoms with Crippen LogP contribution in [0.25, 0.3) is 0 Å². The largest absolute Gasteiger partial charge is 0.472 e. The fraction of sp³-hybridized carbons (Fsp3) is 0.875. The normalized spacial score (nSPS) is 13.4. The predicted octanol–water partition coefficient (Wildman–Crippen LogP) is 14.3. The minimum absolute atomic E-state index is 0.0526. The van der Waals surface area contributed by atoms with Gasteiger partial charge in [0.25, 0.3) is 0 Å². The average Bonchev–Trinajstić information content (AvgIpc) is 3.21. The number of unbranched alkanes of at least 4 members (excludes halogenated alkanes) is 29. The molecule has 58 heavy (non-hydrogen) atoms. The van der Waals surface area contributed by atoms with Gasteiger partial charge in [-0.3, -0.25) is 18.6 Å². The lowest BCUT2D eigenvalue weighted by Crippen LogP contribution is -2.29. The number of carbonyl (C=O) groups is 2. The quantitative estimate of drug-likeness (QED) is 0.0266. The van der Waals surface area contributed by atoms with Gasteiger partial charge in [-0.05, 0) is 38.5 Å². The van der Waals surface area contributed by atoms with Crippen LogP contribution in [0.15, 0.2) is 24.3 Å². The molecule has 2 atom stereocenters. The number of carbonyl (C=O) groups excluding carboxylic acids is 2. The van der Waals surface area contributed by atoms with Crippen molar-refractivity contribution in [2.75, 3.05) is 26.4 Å². The topological polar surface area (TPSA) is 134 Å². The molecule has 0 saturated heterocycles. The van der Waals surface area contributed by atoms with Gasteiger partial charge in [-0.1, -0.05) is 212 Å². The van der Waals surface area contributed by atoms with Gasteiger partial charge in [-0.2, -0.15) is 0 Å². The summed E-state index contributed by atoms with van der Waals surface area (Å²) >= 11 is 0. The van der Waals surface area contributed by atoms with Crippen LogP contribution in [0.2, 0.25) is 0 Å². The Morgan fingerprint density at radius 3 is 1.36 bits per heavy atom. The van der Waals surface area contributed by atoms with E-state index in [1.165, 1.54) is 141 Å². The number of rotatable bonds is 46. The molecule has 0 fully saturated rings. The summed E-state index contributed by atoms with van der Waals surface area (Å²) in [5.41, 5.74) is 5.35. The fourth-order valence-electron chi connectivity index (χ4n) is 6.95. The molecular formula is C48H92NO8P. The molecule has 0 rings (SSSR count). The molecule has 0 aromatic heterocycles. The van der Waals surface area contributed by atoms with E-state index in [4.69, 9.17) is 24.3 Å². The maximum atomic E-state index is 12.6. The third-order valence-corrected chi connectivity index (χ3v) is 11.6. The molecule has 0 spiro atoms. The van der Waals surface area contributed by atoms with Crippen molar-refractivity contribution in [2.45, 2.75) is 245 Å². The van der Waals surface area contributed by atoms with Gasteiger partial charge in [0.2, 0.25) is 0 Å². The Balaban J connectivity index is 4.00. The van der Waals surface area contributed by atoms with Crippen LogP contribution in [0.4, 0.5) is 0 Å². The molecule has 0 amide bonds. The molecule has 1 unspecified atom stereocenters. The zero-order valence-electron chi connectivity index (χ0n) is 37.8. The molecule has 0 aliphatic heterocycles. The maximum absolute atomic E-state index is 12.6. The van der Waals surface area contributed by atoms with Crippen molar-refractivity contribution >= 4 is 19.8 Å². The lowest BCUT2D eigenvalue weighted by Gasteiger charge is -2.19. The first kappa shape index (κ1) is 56.5. The Morgan fingerprint density at radius 1 is 0.517 bits per heavy atom. The molecular weight excluding hydrogens is 750 g/mol. The fourth-order valence-corrected chi connectivity index (χ4v) is 7.71. The number of phosphoric acid groups is 1. The van der Waals surface area contributed by atoms with Gasteiger partial charge in [-0.25, -0.2) is 4.57 Å². The third-order valence-electron chi connectivity index (χ3n) is 10.6. The van der Waals surface area contributed by atoms with Gasteiger partial charge in [-0.15, -0.1) is 0 Å². The van der Waals surface area contributed by atoms with Crippen molar-refractivity contribution in [3.63, 3.8) is 0 Å². The standard InChI is InChI=1S/C48H92NO8P/c1-3-5-7-9-11-13-15-17-19-20-21-22-23-24-25-26-27-29-30-32-34-36-38-40-47(50)54-44-46(45-56-58(52,53)55-43-42-49)57-48(51)41-39-37-35-33-31-28-18-16-14-12-10-8-6-4-2/h10,12,16,18,46H,3-9,11,13-15,17,19-45,49H2,1-2H3,(H,52,53)/b12-10+,18-16+/t46-/m0/s1. The van der Waals surface area contributed by atoms with Crippen LogP contribution in [0, 0.1) is 0 Å². The number of nitrogens with two attached hydrogens (primary N) is 1. The Kier molecular flexibility index (Phi) is 43.9. The molecule has 10 heteroatoms. The van der Waals surface area contributed by atoms with E-state index in [1.807, 2.05) is 0 Å². The van der Waals surface area contributed by atoms with Crippen molar-refractivity contribution in [1.82, 2.24) is 0 Å². The van der Waals surface area contributed by atoms with E-state index in [2.05, 4.69) is 38.2 Å². The number of phosphoric ester groups is 1. The highest BCUT2D eigenvalue weighted by Crippen LogP contribution is 2.43. The predicted molar refractivity (Wildman–Crippen MR) is 243 cm³/mol. The summed E-state index contributed by atoms with van der Waals surface area (Å²) in [6.45, 7) is 3.71. The van der Waals surface area contributed by atoms with Gasteiger partial charge in [0.1, 0.15) is 6.61 Å². The van der Waals surface area contributed by atoms with Gasteiger partial charge in [0.15, 0.2) is 6.10 Å². The van der Waals surface area contributed by atoms with Crippen molar-refractivity contribution in [3.05, 3.63) is 24.3 Å². The Hall–Kier alpha value is -1.51. The van der Waals surface area contributed by atoms with Gasteiger partial charge in [0.05, 0.1) is 13.2 Å². The third kappa shape index (κ3) is 44.1. The second-order valence-corrected chi connectivity index (χ2v) is 17.8. The number of hydrogen-bond donors (Lipinski definition) is 2. The first-order valence-electron chi connectivity index (χ1n) is 24.3. The summed E-state index contributed by atoms with van der Waals surface area (Å²) in [5.74, 6) is -0.834. The lowest BCUT2D eigenvalue weighted by atomic mass is 10.0. The van der Waals surface area contributed by atoms with Crippen molar-refractivity contribution < 1.29 is 37.6 Å². The Bertz CT molecular complexity index is 1010. The molecule has 0 radical (unpaired) electrons. The number of allylic oxidation sites excluding steroid dienone is 4. The highest BCUT2D eigenvalue weighted by Gasteiger charge is 2.26. The van der Waals surface area contributed by atoms with Crippen LogP contribution >= 0.6 is 7.82 Å². The minimum atomic E-state index is -4.38. The minimum Gasteiger partial charge on any atom is -0.462 e. The molecule has 342 valence electrons. The molecule has 0 heterocycles. The van der Waals surface area contributed by atoms with E-state index >= 15 is 0 Å². The van der Waals surface area contributed by atoms with Crippen molar-refractivity contribution in [3.8, 4) is 0 Å². The molecule has 0 aliphatic carbocycles. The molecule has 0 aliphatic rings. The summed E-state index contributed by atoms with van der Waals surface area (Å²) in [5, 5.41) is 0. The molecule has 0 aromatic rings. The van der Waals surface area contributed by atoms with Crippen LogP contribution in [-0.2, 0) is 32.7 Å². The van der Waals surface area contributed by atoms with Gasteiger partial charge >= 0.3 is 19.8 Å². The van der Waals surface area contributed by atoms with E-state index < -0.39 is 26.5 Å². The number of hydrogen-bond acceptors (Lipinski definition) is 8. The first-order chi connectivity index (χ1) is 28.3. The van der Waals surface area contributed by atoms with Crippen LogP contribution in [-0.4, -0.2) is 49.3 Å².